The van der Waals surface area contributed by atoms with Gasteiger partial charge in [0.2, 0.25) is 11.7 Å². The van der Waals surface area contributed by atoms with Crippen LogP contribution in [-0.2, 0) is 20.9 Å². The number of aromatic nitrogens is 4. The van der Waals surface area contributed by atoms with E-state index < -0.39 is 44.5 Å². The monoisotopic (exact) mass is 406 g/mol. The highest BCUT2D eigenvalue weighted by Gasteiger charge is 2.47. The highest BCUT2D eigenvalue weighted by molar-refractivity contribution is 7.46. The van der Waals surface area contributed by atoms with Gasteiger partial charge in [0, 0.05) is 14.1 Å². The minimum absolute atomic E-state index is 0.206. The third-order valence-corrected chi connectivity index (χ3v) is 4.69. The summed E-state index contributed by atoms with van der Waals surface area (Å²) in [7, 11) is 0.230. The molecule has 14 heteroatoms. The first-order valence-electron chi connectivity index (χ1n) is 7.89. The number of hydrogen-bond donors (Lipinski definition) is 5. The number of hydrogen-bond acceptors (Lipinski definition) is 8. The van der Waals surface area contributed by atoms with E-state index in [9.17, 15) is 19.6 Å². The molecule has 0 spiro atoms. The average Bonchev–Trinajstić information content (AvgIpc) is 3.03. The van der Waals surface area contributed by atoms with Crippen molar-refractivity contribution in [2.75, 3.05) is 25.6 Å². The van der Waals surface area contributed by atoms with E-state index in [1.165, 1.54) is 15.5 Å². The van der Waals surface area contributed by atoms with Crippen molar-refractivity contribution in [1.29, 1.82) is 0 Å². The number of aliphatic hydroxyl groups excluding tert-OH is 2. The van der Waals surface area contributed by atoms with Crippen LogP contribution in [0.2, 0.25) is 0 Å². The van der Waals surface area contributed by atoms with Crippen molar-refractivity contribution in [2.45, 2.75) is 24.5 Å². The molecule has 0 bridgehead atoms. The van der Waals surface area contributed by atoms with Crippen molar-refractivity contribution in [3.63, 3.8) is 0 Å². The Labute approximate surface area is 152 Å². The Morgan fingerprint density at radius 3 is 2.67 bits per heavy atom. The van der Waals surface area contributed by atoms with Crippen molar-refractivity contribution in [2.24, 2.45) is 7.05 Å². The van der Waals surface area contributed by atoms with Crippen LogP contribution in [0, 0.1) is 0 Å². The van der Waals surface area contributed by atoms with Crippen LogP contribution in [0.3, 0.4) is 0 Å². The van der Waals surface area contributed by atoms with Gasteiger partial charge in [-0.15, -0.1) is 0 Å². The molecular formula is C13H21N5O8P+. The average molecular weight is 406 g/mol. The van der Waals surface area contributed by atoms with E-state index in [0.29, 0.717) is 0 Å². The highest BCUT2D eigenvalue weighted by atomic mass is 31.2. The normalized spacial score (nSPS) is 26.0. The van der Waals surface area contributed by atoms with Crippen LogP contribution in [-0.4, -0.2) is 73.5 Å². The van der Waals surface area contributed by atoms with Gasteiger partial charge in [0.05, 0.1) is 13.7 Å². The number of aromatic amines is 1. The van der Waals surface area contributed by atoms with Gasteiger partial charge in [0.1, 0.15) is 18.3 Å². The van der Waals surface area contributed by atoms with E-state index in [-0.39, 0.29) is 17.1 Å². The highest BCUT2D eigenvalue weighted by Crippen LogP contribution is 2.37. The summed E-state index contributed by atoms with van der Waals surface area (Å²) >= 11 is 0. The molecule has 2 aromatic rings. The fourth-order valence-corrected chi connectivity index (χ4v) is 3.25. The molecule has 0 aromatic carbocycles. The summed E-state index contributed by atoms with van der Waals surface area (Å²) in [6.45, 7) is -0.624. The topological polar surface area (TPSA) is 174 Å². The van der Waals surface area contributed by atoms with Gasteiger partial charge in [0.25, 0.3) is 11.5 Å². The molecule has 0 unspecified atom stereocenters. The van der Waals surface area contributed by atoms with Crippen molar-refractivity contribution in [1.82, 2.24) is 14.5 Å². The van der Waals surface area contributed by atoms with Gasteiger partial charge in [-0.25, -0.2) is 9.13 Å². The van der Waals surface area contributed by atoms with Crippen molar-refractivity contribution < 1.29 is 38.4 Å². The maximum absolute atomic E-state index is 12.4. The number of phosphoric ester groups is 1. The number of imidazole rings is 1. The zero-order valence-corrected chi connectivity index (χ0v) is 15.6. The van der Waals surface area contributed by atoms with Gasteiger partial charge in [-0.2, -0.15) is 0 Å². The molecule has 2 aromatic heterocycles. The molecule has 1 fully saturated rings. The van der Waals surface area contributed by atoms with Gasteiger partial charge in [-0.05, 0) is 0 Å². The SMILES string of the molecule is CN(C)c1nc2c(c(=O)[nH]1)n(C)c[n+]2[C@@H]1O[C@H](COP(=O)(O)O)[C@@H](O)[C@H]1O. The van der Waals surface area contributed by atoms with Crippen LogP contribution < -0.4 is 15.0 Å². The van der Waals surface area contributed by atoms with E-state index in [1.807, 2.05) is 0 Å². The minimum atomic E-state index is -4.76. The number of ether oxygens (including phenoxy) is 1. The zero-order chi connectivity index (χ0) is 20.1. The number of aliphatic hydroxyl groups is 2. The summed E-state index contributed by atoms with van der Waals surface area (Å²) < 4.78 is 23.6. The lowest BCUT2D eigenvalue weighted by molar-refractivity contribution is -0.745. The van der Waals surface area contributed by atoms with Crippen LogP contribution in [0.4, 0.5) is 5.95 Å². The minimum Gasteiger partial charge on any atom is -0.387 e. The molecular weight excluding hydrogens is 385 g/mol. The standard InChI is InChI=1S/C13H20N5O8P/c1-16(2)13-14-10-7(11(21)15-13)17(3)5-18(10)12-9(20)8(19)6(26-12)4-25-27(22,23)24/h5-6,8-9,12,19-20H,4H2,1-3H3,(H2-,14,15,21,22,23,24)/p+1/t6-,8-,9-,12-/m1/s1. The molecule has 150 valence electrons. The van der Waals surface area contributed by atoms with Crippen LogP contribution in [0.5, 0.6) is 0 Å². The second-order valence-corrected chi connectivity index (χ2v) is 7.66. The summed E-state index contributed by atoms with van der Waals surface area (Å²) in [5.41, 5.74) is 0.0259. The molecule has 1 aliphatic heterocycles. The van der Waals surface area contributed by atoms with Crippen LogP contribution in [0.1, 0.15) is 6.23 Å². The molecule has 3 heterocycles. The van der Waals surface area contributed by atoms with Crippen LogP contribution in [0.15, 0.2) is 11.1 Å². The third kappa shape index (κ3) is 3.75. The second-order valence-electron chi connectivity index (χ2n) is 6.42. The van der Waals surface area contributed by atoms with E-state index in [1.54, 1.807) is 26.0 Å². The van der Waals surface area contributed by atoms with Crippen molar-refractivity contribution >= 4 is 24.9 Å². The number of nitrogens with zero attached hydrogens (tertiary/aromatic N) is 4. The fourth-order valence-electron chi connectivity index (χ4n) is 2.91. The molecule has 5 N–H and O–H groups in total. The lowest BCUT2D eigenvalue weighted by atomic mass is 10.1. The summed E-state index contributed by atoms with van der Waals surface area (Å²) in [4.78, 5) is 38.5. The maximum Gasteiger partial charge on any atom is 0.469 e. The molecule has 13 nitrogen and oxygen atoms in total. The first kappa shape index (κ1) is 19.9. The summed E-state index contributed by atoms with van der Waals surface area (Å²) in [6.07, 6.45) is -3.75. The fraction of sp³-hybridized carbons (Fsp3) is 0.615. The molecule has 3 rings (SSSR count). The molecule has 0 amide bonds. The quantitative estimate of drug-likeness (QED) is 0.260. The number of anilines is 1. The summed E-state index contributed by atoms with van der Waals surface area (Å²) in [5.74, 6) is 0.280. The van der Waals surface area contributed by atoms with Crippen LogP contribution >= 0.6 is 7.82 Å². The Balaban J connectivity index is 1.99. The van der Waals surface area contributed by atoms with Gasteiger partial charge in [-0.3, -0.25) is 18.9 Å². The number of aryl methyl sites for hydroxylation is 1. The van der Waals surface area contributed by atoms with Gasteiger partial charge >= 0.3 is 13.5 Å². The first-order chi connectivity index (χ1) is 12.5. The van der Waals surface area contributed by atoms with Crippen molar-refractivity contribution in [3.8, 4) is 0 Å². The Bertz CT molecular complexity index is 952. The predicted octanol–water partition coefficient (Wildman–Crippen LogP) is -2.66. The lowest BCUT2D eigenvalue weighted by Gasteiger charge is -2.14. The molecule has 0 saturated carbocycles. The van der Waals surface area contributed by atoms with Gasteiger partial charge in [-0.1, -0.05) is 4.98 Å². The Kier molecular flexibility index (Phi) is 5.12. The Hall–Kier alpha value is -1.86. The molecule has 0 aliphatic carbocycles. The van der Waals surface area contributed by atoms with E-state index in [4.69, 9.17) is 14.5 Å². The predicted molar refractivity (Wildman–Crippen MR) is 89.8 cm³/mol. The Morgan fingerprint density at radius 2 is 2.07 bits per heavy atom. The summed E-state index contributed by atoms with van der Waals surface area (Å²) in [6, 6.07) is 0. The summed E-state index contributed by atoms with van der Waals surface area (Å²) in [5, 5.41) is 20.5. The second kappa shape index (κ2) is 6.95. The molecule has 1 aliphatic rings. The maximum atomic E-state index is 12.4. The molecule has 1 saturated heterocycles. The zero-order valence-electron chi connectivity index (χ0n) is 14.8. The van der Waals surface area contributed by atoms with Crippen molar-refractivity contribution in [3.05, 3.63) is 16.7 Å². The van der Waals surface area contributed by atoms with E-state index in [2.05, 4.69) is 14.5 Å². The molecule has 4 atom stereocenters. The van der Waals surface area contributed by atoms with Gasteiger partial charge < -0.3 is 29.6 Å². The first-order valence-corrected chi connectivity index (χ1v) is 9.42. The number of rotatable bonds is 5. The number of fused-ring (bicyclic) bond motifs is 1. The van der Waals surface area contributed by atoms with Gasteiger partial charge in [0.15, 0.2) is 6.33 Å². The molecule has 0 radical (unpaired) electrons. The number of nitrogens with one attached hydrogen (secondary N) is 1. The largest absolute Gasteiger partial charge is 0.469 e. The van der Waals surface area contributed by atoms with E-state index in [0.717, 1.165) is 0 Å². The van der Waals surface area contributed by atoms with Crippen LogP contribution in [0.25, 0.3) is 11.2 Å². The smallest absolute Gasteiger partial charge is 0.387 e. The number of H-pyrrole nitrogens is 1. The number of phosphoric acid groups is 1. The Morgan fingerprint density at radius 1 is 1.41 bits per heavy atom. The molecule has 27 heavy (non-hydrogen) atoms. The lowest BCUT2D eigenvalue weighted by Crippen LogP contribution is -2.46. The third-order valence-electron chi connectivity index (χ3n) is 4.20. The van der Waals surface area contributed by atoms with E-state index >= 15 is 0 Å².